The standard InChI is InChI=1S/C21H33N5O5/c1-13(27)26-6-3-14(4-7-26)23-11-17-20(29)21-16(31-17)9-15(30-21)10-19(28)24-12-18-22-5-8-25(18)2/h5,8,14-17,20-21,23,29H,3-4,6-7,9-12H2,1-2H3,(H,24,28). The maximum Gasteiger partial charge on any atom is 0.222 e. The Morgan fingerprint density at radius 2 is 2.06 bits per heavy atom. The number of ether oxygens (including phenoxy) is 2. The second-order valence-electron chi connectivity index (χ2n) is 8.79. The van der Waals surface area contributed by atoms with Crippen LogP contribution < -0.4 is 10.6 Å². The number of aliphatic hydroxyl groups is 1. The largest absolute Gasteiger partial charge is 0.388 e. The normalized spacial score (nSPS) is 31.1. The molecular formula is C21H33N5O5. The van der Waals surface area contributed by atoms with E-state index < -0.39 is 12.2 Å². The molecule has 3 saturated heterocycles. The Morgan fingerprint density at radius 1 is 1.29 bits per heavy atom. The summed E-state index contributed by atoms with van der Waals surface area (Å²) >= 11 is 0. The number of hydrogen-bond donors (Lipinski definition) is 3. The molecule has 5 unspecified atom stereocenters. The molecule has 0 aromatic carbocycles. The zero-order valence-electron chi connectivity index (χ0n) is 18.2. The van der Waals surface area contributed by atoms with Gasteiger partial charge in [-0.2, -0.15) is 0 Å². The van der Waals surface area contributed by atoms with Crippen molar-refractivity contribution in [2.24, 2.45) is 7.05 Å². The molecule has 3 aliphatic rings. The van der Waals surface area contributed by atoms with E-state index in [-0.39, 0.29) is 36.5 Å². The lowest BCUT2D eigenvalue weighted by atomic mass is 10.0. The summed E-state index contributed by atoms with van der Waals surface area (Å²) in [5, 5.41) is 17.0. The van der Waals surface area contributed by atoms with Gasteiger partial charge in [0.2, 0.25) is 11.8 Å². The molecule has 2 amide bonds. The number of carbonyl (C=O) groups excluding carboxylic acids is 2. The highest BCUT2D eigenvalue weighted by Crippen LogP contribution is 2.35. The van der Waals surface area contributed by atoms with E-state index in [9.17, 15) is 14.7 Å². The van der Waals surface area contributed by atoms with E-state index in [1.165, 1.54) is 0 Å². The minimum atomic E-state index is -0.713. The van der Waals surface area contributed by atoms with E-state index in [2.05, 4.69) is 15.6 Å². The predicted molar refractivity (Wildman–Crippen MR) is 111 cm³/mol. The van der Waals surface area contributed by atoms with Gasteiger partial charge >= 0.3 is 0 Å². The van der Waals surface area contributed by atoms with Crippen LogP contribution in [0.4, 0.5) is 0 Å². The number of aromatic nitrogens is 2. The topological polar surface area (TPSA) is 118 Å². The third-order valence-electron chi connectivity index (χ3n) is 6.60. The van der Waals surface area contributed by atoms with E-state index in [0.29, 0.717) is 25.6 Å². The molecule has 10 heteroatoms. The van der Waals surface area contributed by atoms with Gasteiger partial charge in [0.05, 0.1) is 31.3 Å². The molecule has 0 bridgehead atoms. The van der Waals surface area contributed by atoms with Crippen molar-refractivity contribution in [3.05, 3.63) is 18.2 Å². The number of hydrogen-bond acceptors (Lipinski definition) is 7. The summed E-state index contributed by atoms with van der Waals surface area (Å²) in [6, 6.07) is 0.322. The molecule has 0 saturated carbocycles. The smallest absolute Gasteiger partial charge is 0.222 e. The number of amides is 2. The second kappa shape index (κ2) is 9.64. The number of piperidine rings is 1. The Labute approximate surface area is 182 Å². The highest BCUT2D eigenvalue weighted by molar-refractivity contribution is 5.76. The van der Waals surface area contributed by atoms with E-state index in [1.807, 2.05) is 22.7 Å². The molecule has 4 heterocycles. The third kappa shape index (κ3) is 5.25. The molecule has 3 aliphatic heterocycles. The van der Waals surface area contributed by atoms with Gasteiger partial charge in [0, 0.05) is 58.5 Å². The zero-order valence-corrected chi connectivity index (χ0v) is 18.2. The highest BCUT2D eigenvalue weighted by Gasteiger charge is 2.50. The average Bonchev–Trinajstić information content (AvgIpc) is 3.41. The van der Waals surface area contributed by atoms with E-state index in [4.69, 9.17) is 9.47 Å². The lowest BCUT2D eigenvalue weighted by Gasteiger charge is -2.32. The zero-order chi connectivity index (χ0) is 22.0. The number of likely N-dealkylation sites (tertiary alicyclic amines) is 1. The predicted octanol–water partition coefficient (Wildman–Crippen LogP) is -0.687. The van der Waals surface area contributed by atoms with Crippen LogP contribution in [0, 0.1) is 0 Å². The monoisotopic (exact) mass is 435 g/mol. The van der Waals surface area contributed by atoms with Gasteiger partial charge in [-0.1, -0.05) is 0 Å². The van der Waals surface area contributed by atoms with Crippen LogP contribution >= 0.6 is 0 Å². The molecule has 10 nitrogen and oxygen atoms in total. The Hall–Kier alpha value is -2.01. The number of rotatable bonds is 7. The van der Waals surface area contributed by atoms with Crippen molar-refractivity contribution in [3.63, 3.8) is 0 Å². The first-order chi connectivity index (χ1) is 14.9. The summed E-state index contributed by atoms with van der Waals surface area (Å²) < 4.78 is 13.9. The maximum atomic E-state index is 12.2. The molecule has 0 spiro atoms. The van der Waals surface area contributed by atoms with Gasteiger partial charge in [-0.05, 0) is 12.8 Å². The molecule has 1 aromatic heterocycles. The van der Waals surface area contributed by atoms with Crippen LogP contribution in [0.2, 0.25) is 0 Å². The molecule has 3 N–H and O–H groups in total. The fourth-order valence-electron chi connectivity index (χ4n) is 4.71. The summed E-state index contributed by atoms with van der Waals surface area (Å²) in [6.45, 7) is 4.06. The SMILES string of the molecule is CC(=O)N1CCC(NCC2OC3CC(CC(=O)NCc4nccn4C)OC3C2O)CC1. The number of nitrogens with zero attached hydrogens (tertiary/aromatic N) is 3. The Balaban J connectivity index is 1.16. The van der Waals surface area contributed by atoms with Crippen molar-refractivity contribution >= 4 is 11.8 Å². The Kier molecular flexibility index (Phi) is 6.90. The number of aliphatic hydroxyl groups excluding tert-OH is 1. The molecule has 1 aromatic rings. The third-order valence-corrected chi connectivity index (χ3v) is 6.60. The van der Waals surface area contributed by atoms with Crippen molar-refractivity contribution in [1.29, 1.82) is 0 Å². The average molecular weight is 436 g/mol. The van der Waals surface area contributed by atoms with Gasteiger partial charge in [-0.3, -0.25) is 9.59 Å². The summed E-state index contributed by atoms with van der Waals surface area (Å²) in [5.74, 6) is 0.814. The number of carbonyl (C=O) groups is 2. The van der Waals surface area contributed by atoms with Crippen LogP contribution in [0.3, 0.4) is 0 Å². The molecule has 0 radical (unpaired) electrons. The maximum absolute atomic E-state index is 12.2. The van der Waals surface area contributed by atoms with Crippen molar-refractivity contribution in [3.8, 4) is 0 Å². The Bertz CT molecular complexity index is 778. The van der Waals surface area contributed by atoms with Crippen LogP contribution in [0.15, 0.2) is 12.4 Å². The summed E-state index contributed by atoms with van der Waals surface area (Å²) in [6.07, 6.45) is 4.32. The van der Waals surface area contributed by atoms with Gasteiger partial charge in [0.1, 0.15) is 18.0 Å². The fourth-order valence-corrected chi connectivity index (χ4v) is 4.71. The van der Waals surface area contributed by atoms with Crippen LogP contribution in [-0.2, 0) is 32.7 Å². The van der Waals surface area contributed by atoms with Crippen molar-refractivity contribution < 1.29 is 24.2 Å². The molecular weight excluding hydrogens is 402 g/mol. The molecule has 172 valence electrons. The molecule has 4 rings (SSSR count). The number of nitrogens with one attached hydrogen (secondary N) is 2. The number of imidazole rings is 1. The minimum Gasteiger partial charge on any atom is -0.388 e. The summed E-state index contributed by atoms with van der Waals surface area (Å²) in [4.78, 5) is 29.7. The van der Waals surface area contributed by atoms with E-state index in [0.717, 1.165) is 31.8 Å². The van der Waals surface area contributed by atoms with Crippen LogP contribution in [0.1, 0.15) is 38.4 Å². The highest BCUT2D eigenvalue weighted by atomic mass is 16.6. The number of aryl methyl sites for hydroxylation is 1. The molecule has 31 heavy (non-hydrogen) atoms. The lowest BCUT2D eigenvalue weighted by molar-refractivity contribution is -0.130. The quantitative estimate of drug-likeness (QED) is 0.519. The van der Waals surface area contributed by atoms with Gasteiger partial charge in [-0.15, -0.1) is 0 Å². The van der Waals surface area contributed by atoms with Crippen LogP contribution in [0.5, 0.6) is 0 Å². The molecule has 0 aliphatic carbocycles. The van der Waals surface area contributed by atoms with Gasteiger partial charge in [-0.25, -0.2) is 4.98 Å². The van der Waals surface area contributed by atoms with Crippen molar-refractivity contribution in [1.82, 2.24) is 25.1 Å². The minimum absolute atomic E-state index is 0.0995. The summed E-state index contributed by atoms with van der Waals surface area (Å²) in [5.41, 5.74) is 0. The first kappa shape index (κ1) is 22.2. The van der Waals surface area contributed by atoms with E-state index >= 15 is 0 Å². The Morgan fingerprint density at radius 3 is 2.71 bits per heavy atom. The summed E-state index contributed by atoms with van der Waals surface area (Å²) in [7, 11) is 1.88. The van der Waals surface area contributed by atoms with Crippen molar-refractivity contribution in [2.75, 3.05) is 19.6 Å². The molecule has 3 fully saturated rings. The fraction of sp³-hybridized carbons (Fsp3) is 0.762. The van der Waals surface area contributed by atoms with Crippen molar-refractivity contribution in [2.45, 2.75) is 75.7 Å². The van der Waals surface area contributed by atoms with Gasteiger partial charge in [0.25, 0.3) is 0 Å². The molecule has 5 atom stereocenters. The van der Waals surface area contributed by atoms with Gasteiger partial charge < -0.3 is 34.7 Å². The van der Waals surface area contributed by atoms with Crippen LogP contribution in [-0.4, -0.2) is 87.6 Å². The first-order valence-electron chi connectivity index (χ1n) is 11.1. The first-order valence-corrected chi connectivity index (χ1v) is 11.1. The second-order valence-corrected chi connectivity index (χ2v) is 8.79. The van der Waals surface area contributed by atoms with Gasteiger partial charge in [0.15, 0.2) is 0 Å². The number of fused-ring (bicyclic) bond motifs is 1. The van der Waals surface area contributed by atoms with E-state index in [1.54, 1.807) is 13.1 Å². The lowest BCUT2D eigenvalue weighted by Crippen LogP contribution is -2.47. The van der Waals surface area contributed by atoms with Crippen LogP contribution in [0.25, 0.3) is 0 Å².